The lowest BCUT2D eigenvalue weighted by Gasteiger charge is -2.46. The average Bonchev–Trinajstić information content (AvgIpc) is 3.67. The number of phenolic OH excluding ortho intramolecular Hbond substituents is 1. The van der Waals surface area contributed by atoms with Gasteiger partial charge >= 0.3 is 6.18 Å². The first-order chi connectivity index (χ1) is 21.7. The number of alkyl halides is 3. The van der Waals surface area contributed by atoms with Gasteiger partial charge in [-0.2, -0.15) is 13.2 Å². The number of benzene rings is 2. The van der Waals surface area contributed by atoms with Crippen molar-refractivity contribution in [2.45, 2.75) is 69.3 Å². The third kappa shape index (κ3) is 4.64. The summed E-state index contributed by atoms with van der Waals surface area (Å²) < 4.78 is 45.1. The molecule has 12 heteroatoms. The van der Waals surface area contributed by atoms with Crippen LogP contribution in [0, 0.1) is 17.8 Å². The van der Waals surface area contributed by atoms with E-state index in [9.17, 15) is 34.8 Å². The minimum Gasteiger partial charge on any atom is -0.508 e. The Labute approximate surface area is 261 Å². The Morgan fingerprint density at radius 2 is 1.67 bits per heavy atom. The summed E-state index contributed by atoms with van der Waals surface area (Å²) in [5.74, 6) is -8.30. The molecule has 0 spiro atoms. The average molecular weight is 639 g/mol. The van der Waals surface area contributed by atoms with Crippen molar-refractivity contribution >= 4 is 23.2 Å². The highest BCUT2D eigenvalue weighted by atomic mass is 19.4. The van der Waals surface area contributed by atoms with Gasteiger partial charge in [0.1, 0.15) is 22.8 Å². The first-order valence-electron chi connectivity index (χ1n) is 15.4. The lowest BCUT2D eigenvalue weighted by Crippen LogP contribution is -2.58. The molecular weight excluding hydrogens is 605 g/mol. The van der Waals surface area contributed by atoms with Crippen LogP contribution in [-0.2, 0) is 46.4 Å². The third-order valence-corrected chi connectivity index (χ3v) is 10.5. The summed E-state index contributed by atoms with van der Waals surface area (Å²) in [5, 5.41) is 44.6. The number of fused-ring (bicyclic) bond motifs is 4. The number of halogens is 3. The quantitative estimate of drug-likeness (QED) is 0.299. The molecule has 0 saturated heterocycles. The third-order valence-electron chi connectivity index (χ3n) is 10.5. The highest BCUT2D eigenvalue weighted by Crippen LogP contribution is 2.54. The van der Waals surface area contributed by atoms with E-state index in [1.165, 1.54) is 0 Å². The number of primary amides is 1. The molecule has 242 valence electrons. The second-order valence-electron chi connectivity index (χ2n) is 13.4. The lowest BCUT2D eigenvalue weighted by molar-refractivity contribution is -0.147. The predicted molar refractivity (Wildman–Crippen MR) is 157 cm³/mol. The summed E-state index contributed by atoms with van der Waals surface area (Å²) in [5.41, 5.74) is 1.25. The molecule has 0 bridgehead atoms. The molecule has 0 radical (unpaired) electrons. The fourth-order valence-corrected chi connectivity index (χ4v) is 8.23. The maximum absolute atomic E-state index is 15.0. The molecule has 2 aromatic rings. The Morgan fingerprint density at radius 3 is 2.26 bits per heavy atom. The number of aromatic hydroxyl groups is 1. The number of rotatable bonds is 6. The van der Waals surface area contributed by atoms with Crippen molar-refractivity contribution in [3.05, 3.63) is 80.6 Å². The van der Waals surface area contributed by atoms with Crippen LogP contribution in [0.5, 0.6) is 5.75 Å². The number of aliphatic hydroxyl groups excluding tert-OH is 2. The standard InChI is InChI=1S/C34H33F3N2O7/c35-34(36,37)28-19(14-39(13-15-5-6-15)21-8-16-3-1-2-4-17(16)9-21)11-23(40)26-22(28)10-18-7-20-12-24(41)27(32(38)45)31(44)33(20,46)30(43)25(18)29(26)42/h1-4,11,15,18,20-21,40,42,44,46H,5-10,12-14H2,(H2,38,45)/t18?,20-,33-/m0/s1. The molecular formula is C34H33F3N2O7. The minimum atomic E-state index is -4.88. The molecule has 0 heterocycles. The van der Waals surface area contributed by atoms with Crippen molar-refractivity contribution in [3.63, 3.8) is 0 Å². The van der Waals surface area contributed by atoms with Crippen LogP contribution in [0.1, 0.15) is 59.1 Å². The Kier molecular flexibility index (Phi) is 6.91. The van der Waals surface area contributed by atoms with Gasteiger partial charge in [0.2, 0.25) is 5.78 Å². The predicted octanol–water partition coefficient (Wildman–Crippen LogP) is 3.82. The first kappa shape index (κ1) is 30.5. The molecule has 5 aliphatic rings. The molecule has 2 fully saturated rings. The van der Waals surface area contributed by atoms with Crippen LogP contribution in [0.2, 0.25) is 0 Å². The van der Waals surface area contributed by atoms with E-state index < -0.39 is 93.5 Å². The SMILES string of the molecule is NC(=O)C1=C(O)[C@@]2(O)C(=O)C3=C(O)c4c(O)cc(CN(CC5CC5)C5Cc6ccccc6C5)c(C(F)(F)F)c4CC3C[C@H]2CC1=O. The molecule has 46 heavy (non-hydrogen) atoms. The summed E-state index contributed by atoms with van der Waals surface area (Å²) in [4.78, 5) is 40.3. The summed E-state index contributed by atoms with van der Waals surface area (Å²) in [6.07, 6.45) is -2.72. The fraction of sp³-hybridized carbons (Fsp3) is 0.441. The van der Waals surface area contributed by atoms with Gasteiger partial charge in [-0.15, -0.1) is 0 Å². The zero-order valence-corrected chi connectivity index (χ0v) is 24.7. The van der Waals surface area contributed by atoms with E-state index in [1.54, 1.807) is 0 Å². The number of phenols is 1. The van der Waals surface area contributed by atoms with E-state index in [4.69, 9.17) is 5.73 Å². The number of Topliss-reactive ketones (excluding diaryl/α,β-unsaturated/α-hetero) is 2. The molecule has 0 aromatic heterocycles. The lowest BCUT2D eigenvalue weighted by atomic mass is 9.59. The number of carbonyl (C=O) groups excluding carboxylic acids is 3. The summed E-state index contributed by atoms with van der Waals surface area (Å²) in [6, 6.07) is 8.91. The zero-order valence-electron chi connectivity index (χ0n) is 24.7. The number of ketones is 2. The van der Waals surface area contributed by atoms with Crippen LogP contribution in [0.3, 0.4) is 0 Å². The molecule has 9 nitrogen and oxygen atoms in total. The van der Waals surface area contributed by atoms with E-state index in [-0.39, 0.29) is 30.1 Å². The number of nitrogens with zero attached hydrogens (tertiary/aromatic N) is 1. The van der Waals surface area contributed by atoms with Crippen LogP contribution >= 0.6 is 0 Å². The summed E-state index contributed by atoms with van der Waals surface area (Å²) in [6.45, 7) is 0.524. The van der Waals surface area contributed by atoms with E-state index >= 15 is 13.2 Å². The first-order valence-corrected chi connectivity index (χ1v) is 15.4. The number of aliphatic hydroxyl groups is 3. The largest absolute Gasteiger partial charge is 0.508 e. The van der Waals surface area contributed by atoms with Gasteiger partial charge in [0.25, 0.3) is 5.91 Å². The Bertz CT molecular complexity index is 1750. The van der Waals surface area contributed by atoms with E-state index in [0.29, 0.717) is 25.3 Å². The molecule has 3 atom stereocenters. The molecule has 2 saturated carbocycles. The highest BCUT2D eigenvalue weighted by molar-refractivity contribution is 6.22. The number of nitrogens with two attached hydrogens (primary N) is 1. The molecule has 1 unspecified atom stereocenters. The van der Waals surface area contributed by atoms with Gasteiger partial charge in [-0.25, -0.2) is 0 Å². The zero-order chi connectivity index (χ0) is 32.9. The van der Waals surface area contributed by atoms with Crippen molar-refractivity contribution in [2.24, 2.45) is 23.5 Å². The fourth-order valence-electron chi connectivity index (χ4n) is 8.23. The van der Waals surface area contributed by atoms with Crippen molar-refractivity contribution in [1.29, 1.82) is 0 Å². The van der Waals surface area contributed by atoms with Crippen LogP contribution in [-0.4, -0.2) is 61.0 Å². The Morgan fingerprint density at radius 1 is 1.02 bits per heavy atom. The number of hydrogen-bond acceptors (Lipinski definition) is 8. The molecule has 1 amide bonds. The van der Waals surface area contributed by atoms with Crippen LogP contribution < -0.4 is 5.73 Å². The van der Waals surface area contributed by atoms with Gasteiger partial charge in [0, 0.05) is 37.0 Å². The number of carbonyl (C=O) groups is 3. The smallest absolute Gasteiger partial charge is 0.417 e. The summed E-state index contributed by atoms with van der Waals surface area (Å²) in [7, 11) is 0. The van der Waals surface area contributed by atoms with Gasteiger partial charge in [-0.3, -0.25) is 19.3 Å². The minimum absolute atomic E-state index is 0.0272. The maximum atomic E-state index is 15.0. The van der Waals surface area contributed by atoms with Crippen molar-refractivity contribution in [1.82, 2.24) is 4.90 Å². The Balaban J connectivity index is 1.32. The van der Waals surface area contributed by atoms with Gasteiger partial charge in [-0.05, 0) is 78.7 Å². The van der Waals surface area contributed by atoms with Crippen LogP contribution in [0.4, 0.5) is 13.2 Å². The van der Waals surface area contributed by atoms with Crippen molar-refractivity contribution in [3.8, 4) is 5.75 Å². The maximum Gasteiger partial charge on any atom is 0.417 e. The molecule has 0 aliphatic heterocycles. The molecule has 7 rings (SSSR count). The van der Waals surface area contributed by atoms with Gasteiger partial charge in [-0.1, -0.05) is 24.3 Å². The Hall–Kier alpha value is -4.16. The van der Waals surface area contributed by atoms with Gasteiger partial charge in [0.15, 0.2) is 11.4 Å². The van der Waals surface area contributed by atoms with Crippen molar-refractivity contribution in [2.75, 3.05) is 6.54 Å². The van der Waals surface area contributed by atoms with Crippen molar-refractivity contribution < 1.29 is 48.0 Å². The van der Waals surface area contributed by atoms with E-state index in [2.05, 4.69) is 4.90 Å². The van der Waals surface area contributed by atoms with E-state index in [0.717, 1.165) is 30.0 Å². The van der Waals surface area contributed by atoms with Gasteiger partial charge in [0.05, 0.1) is 11.1 Å². The normalized spacial score (nSPS) is 26.3. The number of amides is 1. The summed E-state index contributed by atoms with van der Waals surface area (Å²) >= 11 is 0. The monoisotopic (exact) mass is 638 g/mol. The van der Waals surface area contributed by atoms with E-state index in [1.807, 2.05) is 24.3 Å². The topological polar surface area (TPSA) is 161 Å². The van der Waals surface area contributed by atoms with Crippen LogP contribution in [0.25, 0.3) is 5.76 Å². The second-order valence-corrected chi connectivity index (χ2v) is 13.4. The second kappa shape index (κ2) is 10.4. The molecule has 2 aromatic carbocycles. The number of hydrogen-bond donors (Lipinski definition) is 5. The highest BCUT2D eigenvalue weighted by Gasteiger charge is 2.60. The van der Waals surface area contributed by atoms with Crippen LogP contribution in [0.15, 0.2) is 47.2 Å². The molecule has 5 aliphatic carbocycles. The van der Waals surface area contributed by atoms with Gasteiger partial charge < -0.3 is 26.2 Å². The molecule has 6 N–H and O–H groups in total.